The van der Waals surface area contributed by atoms with E-state index >= 15 is 0 Å². The lowest BCUT2D eigenvalue weighted by Gasteiger charge is -2.17. The van der Waals surface area contributed by atoms with Gasteiger partial charge in [0.05, 0.1) is 22.4 Å². The van der Waals surface area contributed by atoms with Crippen molar-refractivity contribution in [2.24, 2.45) is 0 Å². The van der Waals surface area contributed by atoms with Crippen molar-refractivity contribution in [2.75, 3.05) is 13.7 Å². The summed E-state index contributed by atoms with van der Waals surface area (Å²) >= 11 is 6.15. The molecule has 1 atom stereocenters. The molecule has 1 aromatic heterocycles. The molecule has 9 heteroatoms. The van der Waals surface area contributed by atoms with Gasteiger partial charge in [0.15, 0.2) is 0 Å². The lowest BCUT2D eigenvalue weighted by molar-refractivity contribution is 0.0828. The number of amides is 1. The number of halogens is 1. The second-order valence-electron chi connectivity index (χ2n) is 5.86. The Morgan fingerprint density at radius 3 is 2.68 bits per heavy atom. The second-order valence-corrected chi connectivity index (χ2v) is 6.27. The Hall–Kier alpha value is -3.23. The average molecular weight is 401 g/mol. The number of aromatic amines is 1. The number of aromatic nitrogens is 3. The van der Waals surface area contributed by atoms with Gasteiger partial charge in [0, 0.05) is 13.7 Å². The Morgan fingerprint density at radius 2 is 2.00 bits per heavy atom. The van der Waals surface area contributed by atoms with E-state index in [1.807, 2.05) is 30.3 Å². The molecule has 3 rings (SSSR count). The third-order valence-corrected chi connectivity index (χ3v) is 4.39. The van der Waals surface area contributed by atoms with Gasteiger partial charge in [-0.1, -0.05) is 41.9 Å². The van der Waals surface area contributed by atoms with Gasteiger partial charge in [-0.2, -0.15) is 9.78 Å². The number of carbonyl (C=O) groups is 1. The number of hydrogen-bond acceptors (Lipinski definition) is 5. The molecule has 2 aromatic carbocycles. The van der Waals surface area contributed by atoms with Crippen LogP contribution < -0.4 is 16.6 Å². The van der Waals surface area contributed by atoms with Crippen LogP contribution in [0, 0.1) is 0 Å². The smallest absolute Gasteiger partial charge is 0.349 e. The van der Waals surface area contributed by atoms with Crippen molar-refractivity contribution in [3.8, 4) is 5.69 Å². The second kappa shape index (κ2) is 8.64. The van der Waals surface area contributed by atoms with Crippen molar-refractivity contribution in [3.63, 3.8) is 0 Å². The van der Waals surface area contributed by atoms with Gasteiger partial charge in [0.2, 0.25) is 0 Å². The molecule has 1 heterocycles. The van der Waals surface area contributed by atoms with Crippen LogP contribution in [0.1, 0.15) is 22.0 Å². The molecule has 1 amide bonds. The maximum absolute atomic E-state index is 12.6. The van der Waals surface area contributed by atoms with Crippen LogP contribution in [-0.4, -0.2) is 34.3 Å². The molecular formula is C19H17ClN4O4. The third-order valence-electron chi connectivity index (χ3n) is 4.06. The molecule has 2 N–H and O–H groups in total. The predicted octanol–water partition coefficient (Wildman–Crippen LogP) is 1.69. The fraction of sp³-hybridized carbons (Fsp3) is 0.158. The molecule has 0 radical (unpaired) electrons. The van der Waals surface area contributed by atoms with Crippen LogP contribution in [0.4, 0.5) is 0 Å². The van der Waals surface area contributed by atoms with Crippen LogP contribution in [0.5, 0.6) is 0 Å². The molecule has 28 heavy (non-hydrogen) atoms. The van der Waals surface area contributed by atoms with E-state index in [-0.39, 0.29) is 23.2 Å². The van der Waals surface area contributed by atoms with Crippen molar-refractivity contribution in [1.82, 2.24) is 20.1 Å². The molecule has 8 nitrogen and oxygen atoms in total. The quantitative estimate of drug-likeness (QED) is 0.655. The lowest BCUT2D eigenvalue weighted by atomic mass is 10.1. The zero-order valence-electron chi connectivity index (χ0n) is 14.9. The average Bonchev–Trinajstić information content (AvgIpc) is 2.70. The monoisotopic (exact) mass is 400 g/mol. The molecule has 144 valence electrons. The molecule has 1 unspecified atom stereocenters. The van der Waals surface area contributed by atoms with E-state index in [0.29, 0.717) is 5.69 Å². The highest BCUT2D eigenvalue weighted by atomic mass is 35.5. The summed E-state index contributed by atoms with van der Waals surface area (Å²) < 4.78 is 6.40. The number of carbonyl (C=O) groups excluding carboxylic acids is 1. The van der Waals surface area contributed by atoms with E-state index in [4.69, 9.17) is 16.3 Å². The first-order valence-electron chi connectivity index (χ1n) is 8.34. The SMILES string of the molecule is COC(CNC(=O)c1cc(-n2ncc(=O)[nH]c2=O)ccc1Cl)c1ccccc1. The molecule has 0 saturated heterocycles. The van der Waals surface area contributed by atoms with E-state index in [1.165, 1.54) is 18.2 Å². The first kappa shape index (κ1) is 19.5. The molecule has 0 fully saturated rings. The number of benzene rings is 2. The molecule has 0 aliphatic rings. The van der Waals surface area contributed by atoms with Crippen LogP contribution in [0.3, 0.4) is 0 Å². The van der Waals surface area contributed by atoms with Gasteiger partial charge >= 0.3 is 5.69 Å². The number of hydrogen-bond donors (Lipinski definition) is 2. The van der Waals surface area contributed by atoms with Gasteiger partial charge in [-0.25, -0.2) is 4.79 Å². The van der Waals surface area contributed by atoms with E-state index < -0.39 is 17.2 Å². The van der Waals surface area contributed by atoms with Gasteiger partial charge in [-0.3, -0.25) is 14.6 Å². The van der Waals surface area contributed by atoms with Gasteiger partial charge in [-0.05, 0) is 23.8 Å². The molecule has 0 aliphatic heterocycles. The highest BCUT2D eigenvalue weighted by Crippen LogP contribution is 2.20. The zero-order valence-corrected chi connectivity index (χ0v) is 15.6. The predicted molar refractivity (Wildman–Crippen MR) is 104 cm³/mol. The molecule has 0 spiro atoms. The maximum atomic E-state index is 12.6. The van der Waals surface area contributed by atoms with E-state index in [9.17, 15) is 14.4 Å². The summed E-state index contributed by atoms with van der Waals surface area (Å²) in [6.45, 7) is 0.233. The van der Waals surface area contributed by atoms with Gasteiger partial charge in [0.1, 0.15) is 6.20 Å². The highest BCUT2D eigenvalue weighted by molar-refractivity contribution is 6.33. The first-order chi connectivity index (χ1) is 13.5. The normalized spacial score (nSPS) is 11.8. The molecule has 0 saturated carbocycles. The summed E-state index contributed by atoms with van der Waals surface area (Å²) in [5, 5.41) is 6.76. The standard InChI is InChI=1S/C19H17ClN4O4/c1-28-16(12-5-3-2-4-6-12)10-21-18(26)14-9-13(7-8-15(14)20)24-19(27)23-17(25)11-22-24/h2-9,11,16H,10H2,1H3,(H,21,26)(H,23,25,27). The zero-order chi connectivity index (χ0) is 20.1. The first-order valence-corrected chi connectivity index (χ1v) is 8.72. The minimum atomic E-state index is -0.718. The van der Waals surface area contributed by atoms with Crippen molar-refractivity contribution < 1.29 is 9.53 Å². The van der Waals surface area contributed by atoms with Crippen molar-refractivity contribution in [2.45, 2.75) is 6.10 Å². The third kappa shape index (κ3) is 4.36. The number of rotatable bonds is 6. The van der Waals surface area contributed by atoms with Crippen LogP contribution >= 0.6 is 11.6 Å². The topological polar surface area (TPSA) is 106 Å². The Balaban J connectivity index is 1.81. The Bertz CT molecular complexity index is 1090. The highest BCUT2D eigenvalue weighted by Gasteiger charge is 2.16. The van der Waals surface area contributed by atoms with Gasteiger partial charge in [-0.15, -0.1) is 0 Å². The van der Waals surface area contributed by atoms with Crippen molar-refractivity contribution >= 4 is 17.5 Å². The molecule has 0 bridgehead atoms. The Kier molecular flexibility index (Phi) is 6.03. The number of nitrogens with zero attached hydrogens (tertiary/aromatic N) is 2. The fourth-order valence-corrected chi connectivity index (χ4v) is 2.85. The molecular weight excluding hydrogens is 384 g/mol. The Labute approximate surface area is 164 Å². The minimum Gasteiger partial charge on any atom is -0.375 e. The van der Waals surface area contributed by atoms with Crippen molar-refractivity contribution in [1.29, 1.82) is 0 Å². The number of methoxy groups -OCH3 is 1. The Morgan fingerprint density at radius 1 is 1.25 bits per heavy atom. The number of H-pyrrole nitrogens is 1. The maximum Gasteiger partial charge on any atom is 0.349 e. The summed E-state index contributed by atoms with van der Waals surface area (Å²) in [7, 11) is 1.56. The summed E-state index contributed by atoms with van der Waals surface area (Å²) in [6.07, 6.45) is 0.648. The minimum absolute atomic E-state index is 0.169. The summed E-state index contributed by atoms with van der Waals surface area (Å²) in [4.78, 5) is 37.8. The lowest BCUT2D eigenvalue weighted by Crippen LogP contribution is -2.31. The van der Waals surface area contributed by atoms with Gasteiger partial charge in [0.25, 0.3) is 11.5 Å². The molecule has 0 aliphatic carbocycles. The summed E-state index contributed by atoms with van der Waals surface area (Å²) in [5.74, 6) is -0.428. The number of nitrogens with one attached hydrogen (secondary N) is 2. The summed E-state index contributed by atoms with van der Waals surface area (Å²) in [6, 6.07) is 13.9. The van der Waals surface area contributed by atoms with E-state index in [0.717, 1.165) is 16.4 Å². The molecule has 3 aromatic rings. The largest absolute Gasteiger partial charge is 0.375 e. The van der Waals surface area contributed by atoms with E-state index in [2.05, 4.69) is 15.4 Å². The van der Waals surface area contributed by atoms with Crippen LogP contribution in [0.2, 0.25) is 5.02 Å². The van der Waals surface area contributed by atoms with E-state index in [1.54, 1.807) is 7.11 Å². The van der Waals surface area contributed by atoms with Gasteiger partial charge < -0.3 is 10.1 Å². The van der Waals surface area contributed by atoms with Crippen LogP contribution in [-0.2, 0) is 4.74 Å². The number of ether oxygens (including phenoxy) is 1. The van der Waals surface area contributed by atoms with Crippen LogP contribution in [0.15, 0.2) is 64.3 Å². The van der Waals surface area contributed by atoms with Crippen molar-refractivity contribution in [3.05, 3.63) is 91.7 Å². The fourth-order valence-electron chi connectivity index (χ4n) is 2.64. The van der Waals surface area contributed by atoms with Crippen LogP contribution in [0.25, 0.3) is 5.69 Å². The summed E-state index contributed by atoms with van der Waals surface area (Å²) in [5.41, 5.74) is 0.0580.